The van der Waals surface area contributed by atoms with Gasteiger partial charge in [-0.25, -0.2) is 10.1 Å². The number of aromatic amines is 1. The van der Waals surface area contributed by atoms with Crippen LogP contribution in [0.15, 0.2) is 53.7 Å². The Balaban J connectivity index is 1.52. The summed E-state index contributed by atoms with van der Waals surface area (Å²) in [6.07, 6.45) is -4.54. The molecule has 0 aliphatic rings. The number of alkyl halides is 3. The Kier molecular flexibility index (Phi) is 4.27. The topological polar surface area (TPSA) is 75.1 Å². The summed E-state index contributed by atoms with van der Waals surface area (Å²) >= 11 is 1.10. The van der Waals surface area contributed by atoms with Crippen LogP contribution in [0.1, 0.15) is 5.56 Å². The molecule has 0 aliphatic carbocycles. The quantitative estimate of drug-likeness (QED) is 0.517. The van der Waals surface area contributed by atoms with E-state index < -0.39 is 17.6 Å². The van der Waals surface area contributed by atoms with Gasteiger partial charge in [-0.05, 0) is 24.3 Å². The Hall–Kier alpha value is -3.01. The van der Waals surface area contributed by atoms with Crippen molar-refractivity contribution in [3.8, 4) is 0 Å². The summed E-state index contributed by atoms with van der Waals surface area (Å²) in [5.74, 6) is -0.127. The molecule has 4 rings (SSSR count). The third-order valence-electron chi connectivity index (χ3n) is 3.84. The number of hydrogen-bond acceptors (Lipinski definition) is 4. The van der Waals surface area contributed by atoms with Gasteiger partial charge in [-0.15, -0.1) is 5.10 Å². The van der Waals surface area contributed by atoms with Crippen LogP contribution in [-0.4, -0.2) is 31.2 Å². The van der Waals surface area contributed by atoms with Gasteiger partial charge in [-0.1, -0.05) is 36.0 Å². The number of halogens is 3. The monoisotopic (exact) mass is 391 g/mol. The summed E-state index contributed by atoms with van der Waals surface area (Å²) in [5.41, 5.74) is 0.449. The lowest BCUT2D eigenvalue weighted by molar-refractivity contribution is -0.137. The van der Waals surface area contributed by atoms with Crippen molar-refractivity contribution in [2.45, 2.75) is 11.3 Å². The van der Waals surface area contributed by atoms with Crippen molar-refractivity contribution in [2.75, 3.05) is 11.1 Å². The minimum absolute atomic E-state index is 0.0986. The van der Waals surface area contributed by atoms with E-state index in [9.17, 15) is 18.0 Å². The van der Waals surface area contributed by atoms with Crippen LogP contribution in [0.4, 0.5) is 18.9 Å². The maximum atomic E-state index is 13.0. The van der Waals surface area contributed by atoms with E-state index in [1.54, 1.807) is 4.40 Å². The smallest absolute Gasteiger partial charge is 0.325 e. The first kappa shape index (κ1) is 17.4. The summed E-state index contributed by atoms with van der Waals surface area (Å²) in [6, 6.07) is 12.3. The summed E-state index contributed by atoms with van der Waals surface area (Å²) < 4.78 is 40.8. The number of fused-ring (bicyclic) bond motifs is 3. The van der Waals surface area contributed by atoms with Gasteiger partial charge in [0.05, 0.1) is 28.0 Å². The molecule has 10 heteroatoms. The van der Waals surface area contributed by atoms with Gasteiger partial charge in [0.2, 0.25) is 11.7 Å². The van der Waals surface area contributed by atoms with E-state index in [-0.39, 0.29) is 11.4 Å². The second-order valence-electron chi connectivity index (χ2n) is 5.65. The number of amides is 1. The third kappa shape index (κ3) is 3.35. The lowest BCUT2D eigenvalue weighted by atomic mass is 10.1. The van der Waals surface area contributed by atoms with Crippen molar-refractivity contribution >= 4 is 40.2 Å². The number of imidazole rings is 1. The highest BCUT2D eigenvalue weighted by molar-refractivity contribution is 7.99. The fraction of sp³-hybridized carbons (Fsp3) is 0.118. The lowest BCUT2D eigenvalue weighted by Crippen LogP contribution is -2.18. The number of benzene rings is 2. The SMILES string of the molecule is O=C(CSc1n[nH]c2nc3ccccc3n12)Nc1ccccc1C(F)(F)F. The molecule has 0 unspecified atom stereocenters. The van der Waals surface area contributed by atoms with Crippen LogP contribution in [0, 0.1) is 0 Å². The summed E-state index contributed by atoms with van der Waals surface area (Å²) in [5, 5.41) is 9.71. The maximum absolute atomic E-state index is 13.0. The number of para-hydroxylation sites is 3. The Labute approximate surface area is 154 Å². The fourth-order valence-electron chi connectivity index (χ4n) is 2.69. The van der Waals surface area contributed by atoms with Gasteiger partial charge in [0, 0.05) is 0 Å². The van der Waals surface area contributed by atoms with Crippen molar-refractivity contribution in [3.05, 3.63) is 54.1 Å². The predicted octanol–water partition coefficient (Wildman–Crippen LogP) is 3.96. The molecule has 0 saturated carbocycles. The highest BCUT2D eigenvalue weighted by Crippen LogP contribution is 2.34. The molecule has 27 heavy (non-hydrogen) atoms. The van der Waals surface area contributed by atoms with Crippen molar-refractivity contribution in [1.29, 1.82) is 0 Å². The second-order valence-corrected chi connectivity index (χ2v) is 6.59. The molecule has 138 valence electrons. The molecule has 2 aromatic heterocycles. The number of H-pyrrole nitrogens is 1. The molecule has 2 aromatic carbocycles. The molecule has 0 fully saturated rings. The molecule has 0 aliphatic heterocycles. The standard InChI is InChI=1S/C17H12F3N5OS/c18-17(19,20)10-5-1-2-6-11(10)21-14(26)9-27-16-24-23-15-22-12-7-3-4-8-13(12)25(15)16/h1-8H,9H2,(H,21,26)(H,22,23). The molecule has 6 nitrogen and oxygen atoms in total. The van der Waals surface area contributed by atoms with Gasteiger partial charge < -0.3 is 5.32 Å². The first-order chi connectivity index (χ1) is 12.9. The van der Waals surface area contributed by atoms with Crippen LogP contribution in [0.5, 0.6) is 0 Å². The van der Waals surface area contributed by atoms with Crippen LogP contribution in [0.2, 0.25) is 0 Å². The van der Waals surface area contributed by atoms with Gasteiger partial charge in [0.1, 0.15) is 0 Å². The largest absolute Gasteiger partial charge is 0.418 e. The number of carbonyl (C=O) groups excluding carboxylic acids is 1. The number of anilines is 1. The van der Waals surface area contributed by atoms with Gasteiger partial charge in [-0.2, -0.15) is 13.2 Å². The molecule has 2 heterocycles. The number of thioether (sulfide) groups is 1. The zero-order valence-electron chi connectivity index (χ0n) is 13.6. The highest BCUT2D eigenvalue weighted by atomic mass is 32.2. The fourth-order valence-corrected chi connectivity index (χ4v) is 3.45. The summed E-state index contributed by atoms with van der Waals surface area (Å²) in [7, 11) is 0. The van der Waals surface area contributed by atoms with Crippen molar-refractivity contribution in [2.24, 2.45) is 0 Å². The number of carbonyl (C=O) groups is 1. The Morgan fingerprint density at radius 2 is 1.89 bits per heavy atom. The Bertz CT molecular complexity index is 1130. The molecule has 1 amide bonds. The summed E-state index contributed by atoms with van der Waals surface area (Å²) in [4.78, 5) is 16.5. The van der Waals surface area contributed by atoms with Crippen LogP contribution in [0.3, 0.4) is 0 Å². The first-order valence-corrected chi connectivity index (χ1v) is 8.82. The van der Waals surface area contributed by atoms with E-state index >= 15 is 0 Å². The molecule has 4 aromatic rings. The summed E-state index contributed by atoms with van der Waals surface area (Å²) in [6.45, 7) is 0. The molecule has 0 atom stereocenters. The van der Waals surface area contributed by atoms with Crippen molar-refractivity contribution < 1.29 is 18.0 Å². The van der Waals surface area contributed by atoms with E-state index in [1.165, 1.54) is 18.2 Å². The molecule has 0 radical (unpaired) electrons. The normalized spacial score (nSPS) is 12.0. The molecular formula is C17H12F3N5OS. The number of nitrogens with zero attached hydrogens (tertiary/aromatic N) is 3. The zero-order valence-corrected chi connectivity index (χ0v) is 14.4. The molecule has 0 spiro atoms. The van der Waals surface area contributed by atoms with Crippen molar-refractivity contribution in [3.63, 3.8) is 0 Å². The minimum atomic E-state index is -4.54. The molecule has 0 saturated heterocycles. The van der Waals surface area contributed by atoms with Gasteiger partial charge in [0.25, 0.3) is 0 Å². The predicted molar refractivity (Wildman–Crippen MR) is 95.6 cm³/mol. The van der Waals surface area contributed by atoms with E-state index in [1.807, 2.05) is 24.3 Å². The average Bonchev–Trinajstić information content (AvgIpc) is 3.18. The molecule has 0 bridgehead atoms. The zero-order chi connectivity index (χ0) is 19.0. The first-order valence-electron chi connectivity index (χ1n) is 7.84. The number of aromatic nitrogens is 4. The van der Waals surface area contributed by atoms with Crippen LogP contribution < -0.4 is 5.32 Å². The lowest BCUT2D eigenvalue weighted by Gasteiger charge is -2.13. The van der Waals surface area contributed by atoms with E-state index in [0.29, 0.717) is 10.9 Å². The highest BCUT2D eigenvalue weighted by Gasteiger charge is 2.33. The number of nitrogens with one attached hydrogen (secondary N) is 2. The van der Waals surface area contributed by atoms with E-state index in [2.05, 4.69) is 20.5 Å². The second kappa shape index (κ2) is 6.62. The van der Waals surface area contributed by atoms with Gasteiger partial charge in [-0.3, -0.25) is 9.20 Å². The maximum Gasteiger partial charge on any atom is 0.418 e. The van der Waals surface area contributed by atoms with Crippen LogP contribution >= 0.6 is 11.8 Å². The van der Waals surface area contributed by atoms with Crippen molar-refractivity contribution in [1.82, 2.24) is 19.6 Å². The molecule has 2 N–H and O–H groups in total. The average molecular weight is 391 g/mol. The van der Waals surface area contributed by atoms with Gasteiger partial charge >= 0.3 is 6.18 Å². The van der Waals surface area contributed by atoms with Crippen LogP contribution in [-0.2, 0) is 11.0 Å². The Morgan fingerprint density at radius 1 is 1.15 bits per heavy atom. The van der Waals surface area contributed by atoms with Gasteiger partial charge in [0.15, 0.2) is 5.16 Å². The number of rotatable bonds is 4. The van der Waals surface area contributed by atoms with Crippen LogP contribution in [0.25, 0.3) is 16.8 Å². The third-order valence-corrected chi connectivity index (χ3v) is 4.78. The molecular weight excluding hydrogens is 379 g/mol. The minimum Gasteiger partial charge on any atom is -0.325 e. The Morgan fingerprint density at radius 3 is 2.70 bits per heavy atom. The number of hydrogen-bond donors (Lipinski definition) is 2. The van der Waals surface area contributed by atoms with E-state index in [4.69, 9.17) is 0 Å². The van der Waals surface area contributed by atoms with E-state index in [0.717, 1.165) is 28.9 Å².